The molecule has 9 heteroatoms. The SMILES string of the molecule is O=C(c1cnc2ccccc2n1)N1CCN(S(=O)(=O)c2ccccc2Cl)CC1. The molecule has 4 rings (SSSR count). The van der Waals surface area contributed by atoms with Crippen molar-refractivity contribution >= 4 is 38.6 Å². The van der Waals surface area contributed by atoms with Crippen LogP contribution >= 0.6 is 11.6 Å². The zero-order chi connectivity index (χ0) is 19.7. The van der Waals surface area contributed by atoms with Crippen LogP contribution in [-0.2, 0) is 10.0 Å². The van der Waals surface area contributed by atoms with E-state index in [0.29, 0.717) is 5.52 Å². The fraction of sp³-hybridized carbons (Fsp3) is 0.211. The molecule has 1 saturated heterocycles. The highest BCUT2D eigenvalue weighted by Gasteiger charge is 2.32. The molecule has 2 aromatic carbocycles. The third kappa shape index (κ3) is 3.46. The number of para-hydroxylation sites is 2. The average Bonchev–Trinajstić information content (AvgIpc) is 2.73. The monoisotopic (exact) mass is 416 g/mol. The molecule has 7 nitrogen and oxygen atoms in total. The second-order valence-corrected chi connectivity index (χ2v) is 8.68. The molecular weight excluding hydrogens is 400 g/mol. The molecule has 1 aliphatic heterocycles. The van der Waals surface area contributed by atoms with Gasteiger partial charge in [0.25, 0.3) is 5.91 Å². The number of carbonyl (C=O) groups excluding carboxylic acids is 1. The Morgan fingerprint density at radius 3 is 2.29 bits per heavy atom. The van der Waals surface area contributed by atoms with Crippen LogP contribution in [0.4, 0.5) is 0 Å². The lowest BCUT2D eigenvalue weighted by Crippen LogP contribution is -2.50. The lowest BCUT2D eigenvalue weighted by molar-refractivity contribution is 0.0692. The van der Waals surface area contributed by atoms with Gasteiger partial charge in [-0.3, -0.25) is 9.78 Å². The van der Waals surface area contributed by atoms with Crippen LogP contribution in [0.25, 0.3) is 11.0 Å². The number of hydrogen-bond acceptors (Lipinski definition) is 5. The van der Waals surface area contributed by atoms with Crippen LogP contribution in [0.1, 0.15) is 10.5 Å². The summed E-state index contributed by atoms with van der Waals surface area (Å²) < 4.78 is 27.0. The Bertz CT molecular complexity index is 1140. The van der Waals surface area contributed by atoms with Crippen molar-refractivity contribution in [3.63, 3.8) is 0 Å². The van der Waals surface area contributed by atoms with Crippen molar-refractivity contribution in [2.75, 3.05) is 26.2 Å². The van der Waals surface area contributed by atoms with Crippen molar-refractivity contribution < 1.29 is 13.2 Å². The van der Waals surface area contributed by atoms with Crippen LogP contribution in [0, 0.1) is 0 Å². The van der Waals surface area contributed by atoms with Crippen LogP contribution < -0.4 is 0 Å². The van der Waals surface area contributed by atoms with E-state index in [1.165, 1.54) is 16.6 Å². The second kappa shape index (κ2) is 7.46. The van der Waals surface area contributed by atoms with Gasteiger partial charge in [0, 0.05) is 26.2 Å². The second-order valence-electron chi connectivity index (χ2n) is 6.37. The fourth-order valence-corrected chi connectivity index (χ4v) is 5.06. The maximum atomic E-state index is 12.8. The summed E-state index contributed by atoms with van der Waals surface area (Å²) in [5, 5.41) is 0.187. The lowest BCUT2D eigenvalue weighted by Gasteiger charge is -2.33. The quantitative estimate of drug-likeness (QED) is 0.654. The van der Waals surface area contributed by atoms with Gasteiger partial charge in [-0.05, 0) is 24.3 Å². The molecule has 3 aromatic rings. The van der Waals surface area contributed by atoms with Crippen molar-refractivity contribution in [2.45, 2.75) is 4.90 Å². The Morgan fingerprint density at radius 2 is 1.57 bits per heavy atom. The van der Waals surface area contributed by atoms with E-state index >= 15 is 0 Å². The molecule has 0 unspecified atom stereocenters. The minimum Gasteiger partial charge on any atom is -0.335 e. The minimum absolute atomic E-state index is 0.0804. The first-order valence-corrected chi connectivity index (χ1v) is 10.5. The van der Waals surface area contributed by atoms with E-state index in [0.717, 1.165) is 5.52 Å². The van der Waals surface area contributed by atoms with Gasteiger partial charge in [0.2, 0.25) is 10.0 Å². The van der Waals surface area contributed by atoms with Crippen LogP contribution in [0.15, 0.2) is 59.6 Å². The molecule has 0 N–H and O–H groups in total. The van der Waals surface area contributed by atoms with E-state index in [-0.39, 0.29) is 47.7 Å². The molecule has 0 spiro atoms. The molecule has 0 atom stereocenters. The van der Waals surface area contributed by atoms with Crippen LogP contribution in [0.5, 0.6) is 0 Å². The van der Waals surface area contributed by atoms with E-state index in [1.54, 1.807) is 29.2 Å². The zero-order valence-corrected chi connectivity index (χ0v) is 16.4. The summed E-state index contributed by atoms with van der Waals surface area (Å²) in [6, 6.07) is 13.7. The van der Waals surface area contributed by atoms with E-state index in [4.69, 9.17) is 11.6 Å². The molecule has 0 radical (unpaired) electrons. The number of benzene rings is 2. The van der Waals surface area contributed by atoms with Crippen molar-refractivity contribution in [1.82, 2.24) is 19.2 Å². The standard InChI is InChI=1S/C19H17ClN4O3S/c20-14-5-1-4-8-18(14)28(26,27)24-11-9-23(10-12-24)19(25)17-13-21-15-6-2-3-7-16(15)22-17/h1-8,13H,9-12H2. The Kier molecular flexibility index (Phi) is 5.01. The summed E-state index contributed by atoms with van der Waals surface area (Å²) in [7, 11) is -3.70. The van der Waals surface area contributed by atoms with Gasteiger partial charge in [-0.2, -0.15) is 4.31 Å². The Hall–Kier alpha value is -2.55. The van der Waals surface area contributed by atoms with Gasteiger partial charge in [-0.25, -0.2) is 13.4 Å². The Morgan fingerprint density at radius 1 is 0.929 bits per heavy atom. The predicted molar refractivity (Wildman–Crippen MR) is 106 cm³/mol. The first-order chi connectivity index (χ1) is 13.5. The van der Waals surface area contributed by atoms with E-state index < -0.39 is 10.0 Å². The van der Waals surface area contributed by atoms with Gasteiger partial charge in [0.1, 0.15) is 10.6 Å². The number of carbonyl (C=O) groups is 1. The maximum absolute atomic E-state index is 12.8. The molecule has 0 bridgehead atoms. The van der Waals surface area contributed by atoms with Gasteiger partial charge in [0.15, 0.2) is 0 Å². The van der Waals surface area contributed by atoms with Crippen molar-refractivity contribution in [1.29, 1.82) is 0 Å². The van der Waals surface area contributed by atoms with Crippen molar-refractivity contribution in [3.8, 4) is 0 Å². The highest BCUT2D eigenvalue weighted by atomic mass is 35.5. The summed E-state index contributed by atoms with van der Waals surface area (Å²) in [5.74, 6) is -0.256. The van der Waals surface area contributed by atoms with E-state index in [1.807, 2.05) is 18.2 Å². The first kappa shape index (κ1) is 18.8. The fourth-order valence-electron chi connectivity index (χ4n) is 3.15. The Balaban J connectivity index is 1.49. The number of rotatable bonds is 3. The summed E-state index contributed by atoms with van der Waals surface area (Å²) in [5.41, 5.74) is 1.61. The highest BCUT2D eigenvalue weighted by molar-refractivity contribution is 7.89. The first-order valence-electron chi connectivity index (χ1n) is 8.72. The molecule has 0 saturated carbocycles. The molecule has 1 aromatic heterocycles. The van der Waals surface area contributed by atoms with Crippen LogP contribution in [-0.4, -0.2) is 59.7 Å². The van der Waals surface area contributed by atoms with Gasteiger partial charge < -0.3 is 4.90 Å². The molecule has 28 heavy (non-hydrogen) atoms. The van der Waals surface area contributed by atoms with Crippen LogP contribution in [0.3, 0.4) is 0 Å². The average molecular weight is 417 g/mol. The number of amides is 1. The minimum atomic E-state index is -3.70. The molecule has 1 aliphatic rings. The third-order valence-electron chi connectivity index (χ3n) is 4.65. The molecule has 2 heterocycles. The number of aromatic nitrogens is 2. The van der Waals surface area contributed by atoms with Gasteiger partial charge >= 0.3 is 0 Å². The topological polar surface area (TPSA) is 83.5 Å². The summed E-state index contributed by atoms with van der Waals surface area (Å²) in [6.07, 6.45) is 1.46. The summed E-state index contributed by atoms with van der Waals surface area (Å²) in [4.78, 5) is 23.1. The van der Waals surface area contributed by atoms with Crippen LogP contribution in [0.2, 0.25) is 5.02 Å². The number of fused-ring (bicyclic) bond motifs is 1. The van der Waals surface area contributed by atoms with Crippen molar-refractivity contribution in [2.24, 2.45) is 0 Å². The number of nitrogens with zero attached hydrogens (tertiary/aromatic N) is 4. The predicted octanol–water partition coefficient (Wildman–Crippen LogP) is 2.43. The number of piperazine rings is 1. The lowest BCUT2D eigenvalue weighted by atomic mass is 10.2. The van der Waals surface area contributed by atoms with E-state index in [2.05, 4.69) is 9.97 Å². The molecule has 1 fully saturated rings. The van der Waals surface area contributed by atoms with Crippen molar-refractivity contribution in [3.05, 3.63) is 65.4 Å². The number of halogens is 1. The highest BCUT2D eigenvalue weighted by Crippen LogP contribution is 2.25. The zero-order valence-electron chi connectivity index (χ0n) is 14.8. The molecular formula is C19H17ClN4O3S. The molecule has 1 amide bonds. The number of hydrogen-bond donors (Lipinski definition) is 0. The maximum Gasteiger partial charge on any atom is 0.274 e. The Labute approximate surface area is 167 Å². The molecule has 0 aliphatic carbocycles. The van der Waals surface area contributed by atoms with E-state index in [9.17, 15) is 13.2 Å². The number of sulfonamides is 1. The third-order valence-corrected chi connectivity index (χ3v) is 7.05. The summed E-state index contributed by atoms with van der Waals surface area (Å²) >= 11 is 6.05. The smallest absolute Gasteiger partial charge is 0.274 e. The normalized spacial score (nSPS) is 15.7. The van der Waals surface area contributed by atoms with Gasteiger partial charge in [-0.15, -0.1) is 0 Å². The summed E-state index contributed by atoms with van der Waals surface area (Å²) in [6.45, 7) is 0.939. The van der Waals surface area contributed by atoms with Gasteiger partial charge in [-0.1, -0.05) is 35.9 Å². The molecule has 144 valence electrons. The van der Waals surface area contributed by atoms with Gasteiger partial charge in [0.05, 0.1) is 22.3 Å². The largest absolute Gasteiger partial charge is 0.335 e.